The molecule has 1 aliphatic carbocycles. The van der Waals surface area contributed by atoms with E-state index in [1.165, 1.54) is 22.3 Å². The van der Waals surface area contributed by atoms with Crippen LogP contribution < -0.4 is 14.9 Å². The highest BCUT2D eigenvalue weighted by Gasteiger charge is 2.28. The largest absolute Gasteiger partial charge is 0.493 e. The summed E-state index contributed by atoms with van der Waals surface area (Å²) in [7, 11) is 3.18. The van der Waals surface area contributed by atoms with Crippen LogP contribution in [0.3, 0.4) is 0 Å². The highest BCUT2D eigenvalue weighted by atomic mass is 32.2. The Morgan fingerprint density at radius 2 is 1.55 bits per heavy atom. The van der Waals surface area contributed by atoms with Crippen LogP contribution in [-0.4, -0.2) is 31.6 Å². The normalized spacial score (nSPS) is 12.8. The Morgan fingerprint density at radius 3 is 2.16 bits per heavy atom. The molecule has 1 aliphatic rings. The van der Waals surface area contributed by atoms with E-state index in [4.69, 9.17) is 9.47 Å². The molecular weight excluding hydrogens is 408 g/mol. The van der Waals surface area contributed by atoms with Crippen molar-refractivity contribution in [1.82, 2.24) is 5.43 Å². The van der Waals surface area contributed by atoms with Gasteiger partial charge in [-0.25, -0.2) is 5.43 Å². The summed E-state index contributed by atoms with van der Waals surface area (Å²) in [6.07, 6.45) is 0. The highest BCUT2D eigenvalue weighted by molar-refractivity contribution is 8.00. The number of ether oxygens (including phenoxy) is 2. The van der Waals surface area contributed by atoms with Crippen molar-refractivity contribution in [3.8, 4) is 22.6 Å². The average Bonchev–Trinajstić information content (AvgIpc) is 3.14. The van der Waals surface area contributed by atoms with Crippen molar-refractivity contribution in [1.29, 1.82) is 0 Å². The summed E-state index contributed by atoms with van der Waals surface area (Å²) in [5.74, 6) is 1.45. The zero-order chi connectivity index (χ0) is 21.8. The van der Waals surface area contributed by atoms with Crippen molar-refractivity contribution in [2.45, 2.75) is 12.2 Å². The van der Waals surface area contributed by atoms with Crippen LogP contribution >= 0.6 is 11.8 Å². The van der Waals surface area contributed by atoms with Crippen molar-refractivity contribution in [3.63, 3.8) is 0 Å². The van der Waals surface area contributed by atoms with Gasteiger partial charge in [0.25, 0.3) is 0 Å². The fourth-order valence-electron chi connectivity index (χ4n) is 3.75. The number of thioether (sulfide) groups is 1. The van der Waals surface area contributed by atoms with E-state index in [0.29, 0.717) is 23.0 Å². The molecule has 0 bridgehead atoms. The molecule has 1 amide bonds. The first-order chi connectivity index (χ1) is 15.1. The van der Waals surface area contributed by atoms with E-state index in [2.05, 4.69) is 59.1 Å². The van der Waals surface area contributed by atoms with Crippen LogP contribution in [-0.2, 0) is 4.79 Å². The van der Waals surface area contributed by atoms with Crippen LogP contribution in [0.1, 0.15) is 28.9 Å². The van der Waals surface area contributed by atoms with E-state index in [9.17, 15) is 4.79 Å². The molecule has 6 heteroatoms. The molecule has 0 saturated carbocycles. The molecule has 0 heterocycles. The third-order valence-electron chi connectivity index (χ3n) is 5.31. The Hall–Kier alpha value is -3.25. The van der Waals surface area contributed by atoms with Crippen LogP contribution in [0.5, 0.6) is 11.5 Å². The van der Waals surface area contributed by atoms with Gasteiger partial charge in [0.1, 0.15) is 0 Å². The molecule has 0 unspecified atom stereocenters. The first-order valence-electron chi connectivity index (χ1n) is 9.97. The molecule has 0 radical (unpaired) electrons. The molecule has 0 atom stereocenters. The van der Waals surface area contributed by atoms with Gasteiger partial charge in [-0.05, 0) is 47.4 Å². The lowest BCUT2D eigenvalue weighted by Gasteiger charge is -2.13. The topological polar surface area (TPSA) is 59.9 Å². The Kier molecular flexibility index (Phi) is 6.28. The van der Waals surface area contributed by atoms with E-state index < -0.39 is 0 Å². The van der Waals surface area contributed by atoms with Gasteiger partial charge in [0, 0.05) is 5.56 Å². The lowest BCUT2D eigenvalue weighted by Crippen LogP contribution is -2.21. The standard InChI is InChI=1S/C25H24N2O3S/c1-16(17-12-13-22(29-2)23(14-17)30-3)26-27-24(28)15-31-25-20-10-6-4-8-18(20)19-9-5-7-11-21(19)25/h4-14,25H,15H2,1-3H3,(H,27,28)/b26-16+. The van der Waals surface area contributed by atoms with Crippen molar-refractivity contribution < 1.29 is 14.3 Å². The summed E-state index contributed by atoms with van der Waals surface area (Å²) in [6, 6.07) is 22.3. The lowest BCUT2D eigenvalue weighted by molar-refractivity contribution is -0.118. The van der Waals surface area contributed by atoms with Crippen LogP contribution in [0.15, 0.2) is 71.8 Å². The number of nitrogens with zero attached hydrogens (tertiary/aromatic N) is 1. The molecule has 4 rings (SSSR count). The fraction of sp³-hybridized carbons (Fsp3) is 0.200. The molecule has 3 aromatic rings. The van der Waals surface area contributed by atoms with Gasteiger partial charge in [0.05, 0.1) is 30.9 Å². The predicted octanol–water partition coefficient (Wildman–Crippen LogP) is 5.05. The monoisotopic (exact) mass is 432 g/mol. The van der Waals surface area contributed by atoms with Crippen molar-refractivity contribution in [2.24, 2.45) is 5.10 Å². The van der Waals surface area contributed by atoms with Gasteiger partial charge >= 0.3 is 0 Å². The molecule has 0 aromatic heterocycles. The van der Waals surface area contributed by atoms with Gasteiger partial charge in [-0.1, -0.05) is 48.5 Å². The number of carbonyl (C=O) groups is 1. The van der Waals surface area contributed by atoms with E-state index in [0.717, 1.165) is 5.56 Å². The maximum atomic E-state index is 12.5. The van der Waals surface area contributed by atoms with Crippen LogP contribution in [0.25, 0.3) is 11.1 Å². The third-order valence-corrected chi connectivity index (χ3v) is 6.58. The van der Waals surface area contributed by atoms with Gasteiger partial charge in [0.2, 0.25) is 5.91 Å². The summed E-state index contributed by atoms with van der Waals surface area (Å²) in [6.45, 7) is 1.85. The van der Waals surface area contributed by atoms with E-state index >= 15 is 0 Å². The first-order valence-corrected chi connectivity index (χ1v) is 11.0. The highest BCUT2D eigenvalue weighted by Crippen LogP contribution is 2.49. The van der Waals surface area contributed by atoms with E-state index in [1.807, 2.05) is 25.1 Å². The summed E-state index contributed by atoms with van der Waals surface area (Å²) >= 11 is 1.62. The number of methoxy groups -OCH3 is 2. The molecule has 0 aliphatic heterocycles. The number of nitrogens with one attached hydrogen (secondary N) is 1. The van der Waals surface area contributed by atoms with Crippen molar-refractivity contribution in [2.75, 3.05) is 20.0 Å². The molecule has 1 N–H and O–H groups in total. The minimum atomic E-state index is -0.133. The number of hydrogen-bond donors (Lipinski definition) is 1. The minimum Gasteiger partial charge on any atom is -0.493 e. The molecular formula is C25H24N2O3S. The van der Waals surface area contributed by atoms with Gasteiger partial charge < -0.3 is 9.47 Å². The summed E-state index contributed by atoms with van der Waals surface area (Å²) < 4.78 is 10.6. The molecule has 0 fully saturated rings. The Labute approximate surface area is 186 Å². The lowest BCUT2D eigenvalue weighted by atomic mass is 10.1. The van der Waals surface area contributed by atoms with Gasteiger partial charge in [-0.2, -0.15) is 5.10 Å². The second kappa shape index (κ2) is 9.27. The summed E-state index contributed by atoms with van der Waals surface area (Å²) in [5, 5.41) is 4.41. The van der Waals surface area contributed by atoms with Crippen LogP contribution in [0.2, 0.25) is 0 Å². The first kappa shape index (κ1) is 21.0. The SMILES string of the molecule is COc1ccc(/C(C)=N/NC(=O)CSC2c3ccccc3-c3ccccc32)cc1OC. The molecule has 0 spiro atoms. The van der Waals surface area contributed by atoms with Gasteiger partial charge in [-0.15, -0.1) is 11.8 Å². The maximum Gasteiger partial charge on any atom is 0.250 e. The van der Waals surface area contributed by atoms with Crippen molar-refractivity contribution >= 4 is 23.4 Å². The number of fused-ring (bicyclic) bond motifs is 3. The van der Waals surface area contributed by atoms with E-state index in [-0.39, 0.29) is 11.2 Å². The number of rotatable bonds is 7. The van der Waals surface area contributed by atoms with Crippen molar-refractivity contribution in [3.05, 3.63) is 83.4 Å². The average molecular weight is 433 g/mol. The summed E-state index contributed by atoms with van der Waals surface area (Å²) in [4.78, 5) is 12.5. The third kappa shape index (κ3) is 4.30. The zero-order valence-electron chi connectivity index (χ0n) is 17.7. The second-order valence-corrected chi connectivity index (χ2v) is 8.26. The summed E-state index contributed by atoms with van der Waals surface area (Å²) in [5.41, 5.74) is 9.23. The Balaban J connectivity index is 1.42. The number of hydrazone groups is 1. The maximum absolute atomic E-state index is 12.5. The van der Waals surface area contributed by atoms with Crippen LogP contribution in [0.4, 0.5) is 0 Å². The molecule has 3 aromatic carbocycles. The molecule has 5 nitrogen and oxygen atoms in total. The number of carbonyl (C=O) groups excluding carboxylic acids is 1. The molecule has 31 heavy (non-hydrogen) atoms. The van der Waals surface area contributed by atoms with Crippen LogP contribution in [0, 0.1) is 0 Å². The smallest absolute Gasteiger partial charge is 0.250 e. The Bertz CT molecular complexity index is 1100. The van der Waals surface area contributed by atoms with E-state index in [1.54, 1.807) is 26.0 Å². The zero-order valence-corrected chi connectivity index (χ0v) is 18.5. The van der Waals surface area contributed by atoms with Gasteiger partial charge in [0.15, 0.2) is 11.5 Å². The quantitative estimate of drug-likeness (QED) is 0.419. The fourth-order valence-corrected chi connectivity index (χ4v) is 4.91. The predicted molar refractivity (Wildman–Crippen MR) is 126 cm³/mol. The van der Waals surface area contributed by atoms with Gasteiger partial charge in [-0.3, -0.25) is 4.79 Å². The molecule has 0 saturated heterocycles. The molecule has 158 valence electrons. The number of hydrogen-bond acceptors (Lipinski definition) is 5. The second-order valence-electron chi connectivity index (χ2n) is 7.17. The number of amides is 1. The minimum absolute atomic E-state index is 0.133. The number of benzene rings is 3. The Morgan fingerprint density at radius 1 is 0.935 bits per heavy atom.